The molecule has 0 bridgehead atoms. The molecule has 0 amide bonds. The van der Waals surface area contributed by atoms with Crippen molar-refractivity contribution in [2.24, 2.45) is 0 Å². The number of carboxylic acid groups (broad SMARTS) is 1. The number of pyridine rings is 1. The molecule has 6 heteroatoms. The highest BCUT2D eigenvalue weighted by Crippen LogP contribution is 2.23. The van der Waals surface area contributed by atoms with Crippen LogP contribution < -0.4 is 0 Å². The van der Waals surface area contributed by atoms with Crippen LogP contribution in [-0.4, -0.2) is 30.8 Å². The lowest BCUT2D eigenvalue weighted by molar-refractivity contribution is 0.0697. The lowest BCUT2D eigenvalue weighted by atomic mass is 10.0. The van der Waals surface area contributed by atoms with Crippen molar-refractivity contribution in [3.8, 4) is 22.6 Å². The molecule has 0 saturated carbocycles. The van der Waals surface area contributed by atoms with Gasteiger partial charge in [0, 0.05) is 30.3 Å². The predicted molar refractivity (Wildman–Crippen MR) is 124 cm³/mol. The van der Waals surface area contributed by atoms with Gasteiger partial charge in [0.15, 0.2) is 5.82 Å². The normalized spacial score (nSPS) is 10.9. The molecule has 2 aromatic heterocycles. The number of carbonyl (C=O) groups is 1. The zero-order chi connectivity index (χ0) is 22.3. The lowest BCUT2D eigenvalue weighted by Gasteiger charge is -2.08. The third kappa shape index (κ3) is 4.91. The SMILES string of the molecule is CCCCCn1nc(-c2ccccc2)nc1Cc1ccc(-c2ccccc2C(=O)O)nc1. The van der Waals surface area contributed by atoms with Crippen molar-refractivity contribution in [2.75, 3.05) is 0 Å². The number of hydrogen-bond acceptors (Lipinski definition) is 4. The second-order valence-electron chi connectivity index (χ2n) is 7.73. The fourth-order valence-electron chi connectivity index (χ4n) is 3.67. The Bertz CT molecular complexity index is 1180. The number of aryl methyl sites for hydroxylation is 1. The molecule has 0 spiro atoms. The number of benzene rings is 2. The first kappa shape index (κ1) is 21.4. The van der Waals surface area contributed by atoms with Crippen LogP contribution in [0.4, 0.5) is 0 Å². The van der Waals surface area contributed by atoms with E-state index in [-0.39, 0.29) is 5.56 Å². The van der Waals surface area contributed by atoms with E-state index in [1.807, 2.05) is 53.2 Å². The Labute approximate surface area is 187 Å². The van der Waals surface area contributed by atoms with Crippen LogP contribution in [0, 0.1) is 0 Å². The van der Waals surface area contributed by atoms with E-state index in [2.05, 4.69) is 11.9 Å². The summed E-state index contributed by atoms with van der Waals surface area (Å²) in [4.78, 5) is 20.9. The smallest absolute Gasteiger partial charge is 0.336 e. The van der Waals surface area contributed by atoms with Crippen molar-refractivity contribution in [2.45, 2.75) is 39.2 Å². The standard InChI is InChI=1S/C26H26N4O2/c1-2-3-9-16-30-24(28-25(29-30)20-10-5-4-6-11-20)17-19-14-15-23(27-18-19)21-12-7-8-13-22(21)26(31)32/h4-8,10-15,18H,2-3,9,16-17H2,1H3,(H,31,32). The first-order valence-electron chi connectivity index (χ1n) is 10.9. The van der Waals surface area contributed by atoms with Crippen LogP contribution in [0.5, 0.6) is 0 Å². The van der Waals surface area contributed by atoms with Crippen LogP contribution in [0.2, 0.25) is 0 Å². The van der Waals surface area contributed by atoms with E-state index >= 15 is 0 Å². The average Bonchev–Trinajstić information content (AvgIpc) is 3.23. The minimum Gasteiger partial charge on any atom is -0.478 e. The van der Waals surface area contributed by atoms with Gasteiger partial charge < -0.3 is 5.11 Å². The van der Waals surface area contributed by atoms with Gasteiger partial charge in [-0.2, -0.15) is 5.10 Å². The molecule has 6 nitrogen and oxygen atoms in total. The molecule has 0 fully saturated rings. The molecule has 2 aromatic carbocycles. The maximum atomic E-state index is 11.5. The van der Waals surface area contributed by atoms with Gasteiger partial charge in [-0.15, -0.1) is 0 Å². The molecule has 162 valence electrons. The Morgan fingerprint density at radius 2 is 1.75 bits per heavy atom. The average molecular weight is 427 g/mol. The number of nitrogens with zero attached hydrogens (tertiary/aromatic N) is 4. The summed E-state index contributed by atoms with van der Waals surface area (Å²) in [6.45, 7) is 3.02. The van der Waals surface area contributed by atoms with E-state index in [9.17, 15) is 9.90 Å². The summed E-state index contributed by atoms with van der Waals surface area (Å²) in [5, 5.41) is 14.2. The summed E-state index contributed by atoms with van der Waals surface area (Å²) in [5.74, 6) is 0.678. The van der Waals surface area contributed by atoms with Gasteiger partial charge in [-0.3, -0.25) is 4.98 Å². The summed E-state index contributed by atoms with van der Waals surface area (Å²) in [5.41, 5.74) is 3.50. The van der Waals surface area contributed by atoms with Gasteiger partial charge in [0.2, 0.25) is 0 Å². The van der Waals surface area contributed by atoms with E-state index in [0.29, 0.717) is 17.7 Å². The second-order valence-corrected chi connectivity index (χ2v) is 7.73. The zero-order valence-electron chi connectivity index (χ0n) is 18.1. The highest BCUT2D eigenvalue weighted by Gasteiger charge is 2.14. The summed E-state index contributed by atoms with van der Waals surface area (Å²) < 4.78 is 2.01. The number of unbranched alkanes of at least 4 members (excludes halogenated alkanes) is 2. The molecule has 0 unspecified atom stereocenters. The Balaban J connectivity index is 1.59. The second kappa shape index (κ2) is 10.0. The highest BCUT2D eigenvalue weighted by atomic mass is 16.4. The number of carboxylic acids is 1. The van der Waals surface area contributed by atoms with Crippen molar-refractivity contribution in [3.63, 3.8) is 0 Å². The summed E-state index contributed by atoms with van der Waals surface area (Å²) in [6.07, 6.45) is 5.77. The maximum absolute atomic E-state index is 11.5. The van der Waals surface area contributed by atoms with E-state index < -0.39 is 5.97 Å². The molecule has 0 aliphatic carbocycles. The molecule has 0 atom stereocenters. The van der Waals surface area contributed by atoms with Crippen molar-refractivity contribution < 1.29 is 9.90 Å². The minimum absolute atomic E-state index is 0.246. The number of hydrogen-bond donors (Lipinski definition) is 1. The minimum atomic E-state index is -0.958. The molecule has 2 heterocycles. The number of aromatic carboxylic acids is 1. The monoisotopic (exact) mass is 426 g/mol. The predicted octanol–water partition coefficient (Wildman–Crippen LogP) is 5.49. The molecule has 0 saturated heterocycles. The van der Waals surface area contributed by atoms with Gasteiger partial charge in [-0.1, -0.05) is 74.4 Å². The molecule has 0 aliphatic rings. The van der Waals surface area contributed by atoms with E-state index in [0.717, 1.165) is 48.6 Å². The van der Waals surface area contributed by atoms with E-state index in [4.69, 9.17) is 10.1 Å². The van der Waals surface area contributed by atoms with E-state index in [1.165, 1.54) is 0 Å². The van der Waals surface area contributed by atoms with Gasteiger partial charge in [0.1, 0.15) is 5.82 Å². The number of rotatable bonds is 9. The number of aromatic nitrogens is 4. The lowest BCUT2D eigenvalue weighted by Crippen LogP contribution is -2.07. The first-order chi connectivity index (χ1) is 15.7. The van der Waals surface area contributed by atoms with Crippen molar-refractivity contribution >= 4 is 5.97 Å². The zero-order valence-corrected chi connectivity index (χ0v) is 18.1. The van der Waals surface area contributed by atoms with Crippen LogP contribution in [0.15, 0.2) is 72.9 Å². The Morgan fingerprint density at radius 1 is 0.969 bits per heavy atom. The van der Waals surface area contributed by atoms with Gasteiger partial charge in [0.05, 0.1) is 11.3 Å². The van der Waals surface area contributed by atoms with Crippen molar-refractivity contribution in [1.82, 2.24) is 19.7 Å². The van der Waals surface area contributed by atoms with Crippen LogP contribution in [-0.2, 0) is 13.0 Å². The fourth-order valence-corrected chi connectivity index (χ4v) is 3.67. The van der Waals surface area contributed by atoms with Gasteiger partial charge in [0.25, 0.3) is 0 Å². The molecule has 0 aliphatic heterocycles. The van der Waals surface area contributed by atoms with Gasteiger partial charge in [-0.05, 0) is 24.1 Å². The topological polar surface area (TPSA) is 80.9 Å². The molecular formula is C26H26N4O2. The molecule has 0 radical (unpaired) electrons. The van der Waals surface area contributed by atoms with Crippen LogP contribution in [0.1, 0.15) is 47.9 Å². The summed E-state index contributed by atoms with van der Waals surface area (Å²) >= 11 is 0. The van der Waals surface area contributed by atoms with Crippen LogP contribution in [0.3, 0.4) is 0 Å². The molecule has 4 rings (SSSR count). The molecule has 32 heavy (non-hydrogen) atoms. The van der Waals surface area contributed by atoms with Crippen molar-refractivity contribution in [3.05, 3.63) is 89.9 Å². The molecule has 4 aromatic rings. The van der Waals surface area contributed by atoms with Gasteiger partial charge in [-0.25, -0.2) is 14.5 Å². The van der Waals surface area contributed by atoms with Crippen LogP contribution in [0.25, 0.3) is 22.6 Å². The molecular weight excluding hydrogens is 400 g/mol. The van der Waals surface area contributed by atoms with E-state index in [1.54, 1.807) is 24.4 Å². The Morgan fingerprint density at radius 3 is 2.47 bits per heavy atom. The Hall–Kier alpha value is -3.80. The summed E-state index contributed by atoms with van der Waals surface area (Å²) in [7, 11) is 0. The third-order valence-electron chi connectivity index (χ3n) is 5.37. The third-order valence-corrected chi connectivity index (χ3v) is 5.37. The van der Waals surface area contributed by atoms with Crippen molar-refractivity contribution in [1.29, 1.82) is 0 Å². The maximum Gasteiger partial charge on any atom is 0.336 e. The largest absolute Gasteiger partial charge is 0.478 e. The fraction of sp³-hybridized carbons (Fsp3) is 0.231. The van der Waals surface area contributed by atoms with Gasteiger partial charge >= 0.3 is 5.97 Å². The summed E-state index contributed by atoms with van der Waals surface area (Å²) in [6, 6.07) is 20.8. The quantitative estimate of drug-likeness (QED) is 0.358. The van der Waals surface area contributed by atoms with Crippen LogP contribution >= 0.6 is 0 Å². The first-order valence-corrected chi connectivity index (χ1v) is 10.9. The highest BCUT2D eigenvalue weighted by molar-refractivity contribution is 5.95. The Kier molecular flexibility index (Phi) is 6.70. The molecule has 1 N–H and O–H groups in total.